The molecule has 1 heterocycles. The number of methoxy groups -OCH3 is 1. The molecule has 106 valence electrons. The predicted molar refractivity (Wildman–Crippen MR) is 76.9 cm³/mol. The third kappa shape index (κ3) is 2.58. The molecular weight excluding hydrogens is 254 g/mol. The second-order valence-corrected chi connectivity index (χ2v) is 5.13. The molecule has 2 N–H and O–H groups in total. The fraction of sp³-hybridized carbons (Fsp3) is 0.333. The van der Waals surface area contributed by atoms with E-state index < -0.39 is 5.54 Å². The standard InChI is InChI=1S/C15H19N3O2/c1-15(2,14(19)20-3)18-10-13(9-17-18)12-6-4-11(8-16)5-7-12/h4-7,9-10H,8,16H2,1-3H3. The van der Waals surface area contributed by atoms with Crippen LogP contribution >= 0.6 is 0 Å². The highest BCUT2D eigenvalue weighted by molar-refractivity contribution is 5.77. The summed E-state index contributed by atoms with van der Waals surface area (Å²) < 4.78 is 6.42. The van der Waals surface area contributed by atoms with Crippen LogP contribution in [-0.4, -0.2) is 22.9 Å². The monoisotopic (exact) mass is 273 g/mol. The number of hydrogen-bond donors (Lipinski definition) is 1. The van der Waals surface area contributed by atoms with Crippen LogP contribution in [0.2, 0.25) is 0 Å². The smallest absolute Gasteiger partial charge is 0.333 e. The van der Waals surface area contributed by atoms with Crippen molar-refractivity contribution in [1.82, 2.24) is 9.78 Å². The van der Waals surface area contributed by atoms with Gasteiger partial charge < -0.3 is 10.5 Å². The first-order chi connectivity index (χ1) is 9.48. The Balaban J connectivity index is 2.30. The Hall–Kier alpha value is -2.14. The lowest BCUT2D eigenvalue weighted by Crippen LogP contribution is -2.37. The van der Waals surface area contributed by atoms with Crippen molar-refractivity contribution in [2.24, 2.45) is 5.73 Å². The second kappa shape index (κ2) is 5.46. The molecule has 0 aliphatic rings. The maximum Gasteiger partial charge on any atom is 0.333 e. The summed E-state index contributed by atoms with van der Waals surface area (Å²) in [4.78, 5) is 11.8. The summed E-state index contributed by atoms with van der Waals surface area (Å²) >= 11 is 0. The molecule has 0 bridgehead atoms. The van der Waals surface area contributed by atoms with Gasteiger partial charge in [-0.25, -0.2) is 4.79 Å². The van der Waals surface area contributed by atoms with E-state index in [0.29, 0.717) is 6.54 Å². The van der Waals surface area contributed by atoms with Crippen LogP contribution in [0.3, 0.4) is 0 Å². The average molecular weight is 273 g/mol. The van der Waals surface area contributed by atoms with Gasteiger partial charge in [-0.05, 0) is 25.0 Å². The molecule has 1 aromatic carbocycles. The van der Waals surface area contributed by atoms with E-state index in [1.165, 1.54) is 7.11 Å². The zero-order valence-electron chi connectivity index (χ0n) is 12.0. The third-order valence-corrected chi connectivity index (χ3v) is 3.36. The van der Waals surface area contributed by atoms with Gasteiger partial charge in [-0.2, -0.15) is 5.10 Å². The van der Waals surface area contributed by atoms with E-state index in [1.807, 2.05) is 30.5 Å². The minimum atomic E-state index is -0.829. The summed E-state index contributed by atoms with van der Waals surface area (Å²) in [6.07, 6.45) is 3.58. The van der Waals surface area contributed by atoms with Gasteiger partial charge in [0.1, 0.15) is 0 Å². The fourth-order valence-corrected chi connectivity index (χ4v) is 1.95. The SMILES string of the molecule is COC(=O)C(C)(C)n1cc(-c2ccc(CN)cc2)cn1. The van der Waals surface area contributed by atoms with Crippen molar-refractivity contribution in [2.45, 2.75) is 25.9 Å². The van der Waals surface area contributed by atoms with E-state index in [2.05, 4.69) is 5.10 Å². The van der Waals surface area contributed by atoms with Gasteiger partial charge in [-0.15, -0.1) is 0 Å². The highest BCUT2D eigenvalue weighted by Gasteiger charge is 2.31. The molecule has 2 rings (SSSR count). The average Bonchev–Trinajstić information content (AvgIpc) is 2.97. The number of rotatable bonds is 4. The molecule has 0 spiro atoms. The number of aromatic nitrogens is 2. The molecular formula is C15H19N3O2. The van der Waals surface area contributed by atoms with Crippen LogP contribution in [-0.2, 0) is 21.6 Å². The van der Waals surface area contributed by atoms with Crippen molar-refractivity contribution in [1.29, 1.82) is 0 Å². The Kier molecular flexibility index (Phi) is 3.90. The van der Waals surface area contributed by atoms with Crippen molar-refractivity contribution < 1.29 is 9.53 Å². The molecule has 0 radical (unpaired) electrons. The number of benzene rings is 1. The molecule has 2 aromatic rings. The molecule has 0 fully saturated rings. The van der Waals surface area contributed by atoms with E-state index in [-0.39, 0.29) is 5.97 Å². The lowest BCUT2D eigenvalue weighted by Gasteiger charge is -2.21. The van der Waals surface area contributed by atoms with Crippen molar-refractivity contribution >= 4 is 5.97 Å². The summed E-state index contributed by atoms with van der Waals surface area (Å²) in [6, 6.07) is 7.96. The first-order valence-electron chi connectivity index (χ1n) is 6.42. The van der Waals surface area contributed by atoms with Gasteiger partial charge in [0.25, 0.3) is 0 Å². The van der Waals surface area contributed by atoms with Gasteiger partial charge in [-0.3, -0.25) is 4.68 Å². The van der Waals surface area contributed by atoms with Gasteiger partial charge >= 0.3 is 5.97 Å². The highest BCUT2D eigenvalue weighted by atomic mass is 16.5. The minimum absolute atomic E-state index is 0.328. The topological polar surface area (TPSA) is 70.1 Å². The van der Waals surface area contributed by atoms with Crippen LogP contribution in [0.15, 0.2) is 36.7 Å². The van der Waals surface area contributed by atoms with Crippen LogP contribution in [0.25, 0.3) is 11.1 Å². The maximum absolute atomic E-state index is 11.8. The largest absolute Gasteiger partial charge is 0.467 e. The van der Waals surface area contributed by atoms with Crippen molar-refractivity contribution in [3.05, 3.63) is 42.2 Å². The van der Waals surface area contributed by atoms with Gasteiger partial charge in [0, 0.05) is 18.3 Å². The second-order valence-electron chi connectivity index (χ2n) is 5.13. The number of carbonyl (C=O) groups excluding carboxylic acids is 1. The van der Waals surface area contributed by atoms with Gasteiger partial charge in [0.15, 0.2) is 5.54 Å². The summed E-state index contributed by atoms with van der Waals surface area (Å²) in [7, 11) is 1.38. The van der Waals surface area contributed by atoms with E-state index >= 15 is 0 Å². The molecule has 0 amide bonds. The molecule has 5 heteroatoms. The Morgan fingerprint density at radius 3 is 2.50 bits per heavy atom. The zero-order chi connectivity index (χ0) is 14.8. The van der Waals surface area contributed by atoms with E-state index in [4.69, 9.17) is 10.5 Å². The zero-order valence-corrected chi connectivity index (χ0v) is 12.0. The summed E-state index contributed by atoms with van der Waals surface area (Å²) in [5.74, 6) is -0.328. The molecule has 5 nitrogen and oxygen atoms in total. The molecule has 1 aromatic heterocycles. The lowest BCUT2D eigenvalue weighted by atomic mass is 10.1. The molecule has 0 saturated heterocycles. The number of hydrogen-bond acceptors (Lipinski definition) is 4. The van der Waals surface area contributed by atoms with Gasteiger partial charge in [0.2, 0.25) is 0 Å². The number of ether oxygens (including phenoxy) is 1. The Morgan fingerprint density at radius 1 is 1.30 bits per heavy atom. The Morgan fingerprint density at radius 2 is 1.95 bits per heavy atom. The van der Waals surface area contributed by atoms with Crippen LogP contribution in [0.4, 0.5) is 0 Å². The first kappa shape index (κ1) is 14.3. The van der Waals surface area contributed by atoms with Crippen molar-refractivity contribution in [2.75, 3.05) is 7.11 Å². The van der Waals surface area contributed by atoms with Crippen molar-refractivity contribution in [3.8, 4) is 11.1 Å². The molecule has 0 unspecified atom stereocenters. The first-order valence-corrected chi connectivity index (χ1v) is 6.42. The van der Waals surface area contributed by atoms with Crippen LogP contribution in [0, 0.1) is 0 Å². The third-order valence-electron chi connectivity index (χ3n) is 3.36. The molecule has 0 aliphatic heterocycles. The summed E-state index contributed by atoms with van der Waals surface area (Å²) in [5, 5.41) is 4.27. The van der Waals surface area contributed by atoms with Crippen LogP contribution in [0.1, 0.15) is 19.4 Å². The molecule has 0 aliphatic carbocycles. The predicted octanol–water partition coefficient (Wildman–Crippen LogP) is 1.92. The quantitative estimate of drug-likeness (QED) is 0.864. The number of esters is 1. The summed E-state index contributed by atoms with van der Waals surface area (Å²) in [5.41, 5.74) is 7.82. The van der Waals surface area contributed by atoms with E-state index in [1.54, 1.807) is 24.7 Å². The highest BCUT2D eigenvalue weighted by Crippen LogP contribution is 2.23. The summed E-state index contributed by atoms with van der Waals surface area (Å²) in [6.45, 7) is 4.06. The maximum atomic E-state index is 11.8. The fourth-order valence-electron chi connectivity index (χ4n) is 1.95. The van der Waals surface area contributed by atoms with E-state index in [9.17, 15) is 4.79 Å². The Labute approximate surface area is 118 Å². The number of carbonyl (C=O) groups is 1. The normalized spacial score (nSPS) is 11.4. The van der Waals surface area contributed by atoms with E-state index in [0.717, 1.165) is 16.7 Å². The molecule has 0 saturated carbocycles. The number of nitrogens with zero attached hydrogens (tertiary/aromatic N) is 2. The molecule has 0 atom stereocenters. The minimum Gasteiger partial charge on any atom is -0.467 e. The van der Waals surface area contributed by atoms with Crippen LogP contribution < -0.4 is 5.73 Å². The van der Waals surface area contributed by atoms with Gasteiger partial charge in [0.05, 0.1) is 13.3 Å². The number of nitrogens with two attached hydrogens (primary N) is 1. The Bertz CT molecular complexity index is 600. The lowest BCUT2D eigenvalue weighted by molar-refractivity contribution is -0.150. The van der Waals surface area contributed by atoms with Gasteiger partial charge in [-0.1, -0.05) is 24.3 Å². The van der Waals surface area contributed by atoms with Crippen molar-refractivity contribution in [3.63, 3.8) is 0 Å². The molecule has 20 heavy (non-hydrogen) atoms. The van der Waals surface area contributed by atoms with Crippen LogP contribution in [0.5, 0.6) is 0 Å².